The average molecular weight is 413 g/mol. The first kappa shape index (κ1) is 18.3. The SMILES string of the molecule is Cn1nc(C(=O)N[C@H]2CC3(C2)C[C@H](c2n[nH]c(=O)c4ccccc42)C3)c2ccccc21. The molecule has 7 nitrogen and oxygen atoms in total. The van der Waals surface area contributed by atoms with Crippen molar-refractivity contribution in [3.63, 3.8) is 0 Å². The Morgan fingerprint density at radius 1 is 1.03 bits per heavy atom. The molecule has 0 radical (unpaired) electrons. The van der Waals surface area contributed by atoms with Gasteiger partial charge in [0, 0.05) is 29.8 Å². The minimum atomic E-state index is -0.137. The van der Waals surface area contributed by atoms with E-state index in [0.717, 1.165) is 47.7 Å². The molecule has 0 atom stereocenters. The number of hydrogen-bond acceptors (Lipinski definition) is 4. The Balaban J connectivity index is 1.13. The van der Waals surface area contributed by atoms with Gasteiger partial charge in [0.1, 0.15) is 0 Å². The number of aryl methyl sites for hydroxylation is 1. The Morgan fingerprint density at radius 3 is 2.48 bits per heavy atom. The number of fused-ring (bicyclic) bond motifs is 2. The van der Waals surface area contributed by atoms with E-state index in [1.54, 1.807) is 4.68 Å². The Kier molecular flexibility index (Phi) is 3.84. The lowest BCUT2D eigenvalue weighted by Crippen LogP contribution is -2.55. The molecule has 1 amide bonds. The second kappa shape index (κ2) is 6.51. The summed E-state index contributed by atoms with van der Waals surface area (Å²) in [5, 5.41) is 17.2. The summed E-state index contributed by atoms with van der Waals surface area (Å²) >= 11 is 0. The van der Waals surface area contributed by atoms with Crippen LogP contribution in [0.15, 0.2) is 53.3 Å². The molecule has 0 saturated heterocycles. The van der Waals surface area contributed by atoms with Crippen molar-refractivity contribution in [1.29, 1.82) is 0 Å². The maximum absolute atomic E-state index is 12.8. The van der Waals surface area contributed by atoms with Crippen LogP contribution >= 0.6 is 0 Å². The van der Waals surface area contributed by atoms with Gasteiger partial charge in [0.25, 0.3) is 11.5 Å². The summed E-state index contributed by atoms with van der Waals surface area (Å²) in [5.41, 5.74) is 2.60. The van der Waals surface area contributed by atoms with E-state index in [-0.39, 0.29) is 22.9 Å². The monoisotopic (exact) mass is 413 g/mol. The number of benzene rings is 2. The number of para-hydroxylation sites is 1. The van der Waals surface area contributed by atoms with E-state index in [1.165, 1.54) is 0 Å². The molecule has 2 saturated carbocycles. The fourth-order valence-corrected chi connectivity index (χ4v) is 5.68. The zero-order valence-electron chi connectivity index (χ0n) is 17.3. The summed E-state index contributed by atoms with van der Waals surface area (Å²) < 4.78 is 1.75. The zero-order chi connectivity index (χ0) is 21.2. The molecule has 0 bridgehead atoms. The summed E-state index contributed by atoms with van der Waals surface area (Å²) in [7, 11) is 1.86. The molecule has 7 heteroatoms. The van der Waals surface area contributed by atoms with E-state index in [1.807, 2.05) is 55.6 Å². The van der Waals surface area contributed by atoms with Crippen LogP contribution in [-0.2, 0) is 7.05 Å². The van der Waals surface area contributed by atoms with Crippen LogP contribution in [0.25, 0.3) is 21.7 Å². The first-order valence-electron chi connectivity index (χ1n) is 10.7. The molecule has 6 rings (SSSR count). The largest absolute Gasteiger partial charge is 0.348 e. The number of nitrogens with zero attached hydrogens (tertiary/aromatic N) is 3. The second-order valence-electron chi connectivity index (χ2n) is 9.16. The molecule has 0 aliphatic heterocycles. The van der Waals surface area contributed by atoms with Crippen LogP contribution in [-0.4, -0.2) is 31.9 Å². The van der Waals surface area contributed by atoms with E-state index >= 15 is 0 Å². The maximum atomic E-state index is 12.8. The highest BCUT2D eigenvalue weighted by Gasteiger charge is 2.54. The van der Waals surface area contributed by atoms with Gasteiger partial charge in [-0.1, -0.05) is 36.4 Å². The summed E-state index contributed by atoms with van der Waals surface area (Å²) in [5.74, 6) is 0.263. The highest BCUT2D eigenvalue weighted by molar-refractivity contribution is 6.05. The van der Waals surface area contributed by atoms with Crippen molar-refractivity contribution in [3.8, 4) is 0 Å². The Morgan fingerprint density at radius 2 is 1.71 bits per heavy atom. The van der Waals surface area contributed by atoms with Gasteiger partial charge in [-0.3, -0.25) is 14.3 Å². The first-order chi connectivity index (χ1) is 15.0. The number of amides is 1. The van der Waals surface area contributed by atoms with E-state index in [9.17, 15) is 9.59 Å². The fraction of sp³-hybridized carbons (Fsp3) is 0.333. The van der Waals surface area contributed by atoms with Gasteiger partial charge >= 0.3 is 0 Å². The normalized spacial score (nSPS) is 24.8. The number of nitrogens with one attached hydrogen (secondary N) is 2. The predicted molar refractivity (Wildman–Crippen MR) is 118 cm³/mol. The van der Waals surface area contributed by atoms with E-state index in [4.69, 9.17) is 0 Å². The van der Waals surface area contributed by atoms with Crippen LogP contribution in [0.4, 0.5) is 0 Å². The molecule has 2 heterocycles. The van der Waals surface area contributed by atoms with Crippen molar-refractivity contribution in [2.24, 2.45) is 12.5 Å². The Bertz CT molecular complexity index is 1390. The van der Waals surface area contributed by atoms with Crippen molar-refractivity contribution >= 4 is 27.6 Å². The summed E-state index contributed by atoms with van der Waals surface area (Å²) in [6.45, 7) is 0. The van der Waals surface area contributed by atoms with Gasteiger partial charge in [0.05, 0.1) is 16.6 Å². The fourth-order valence-electron chi connectivity index (χ4n) is 5.68. The quantitative estimate of drug-likeness (QED) is 0.539. The average Bonchev–Trinajstić information content (AvgIpc) is 3.07. The third kappa shape index (κ3) is 2.80. The van der Waals surface area contributed by atoms with Crippen LogP contribution in [0.1, 0.15) is 47.8 Å². The molecule has 0 unspecified atom stereocenters. The molecular weight excluding hydrogens is 390 g/mol. The van der Waals surface area contributed by atoms with Crippen molar-refractivity contribution < 1.29 is 4.79 Å². The molecule has 31 heavy (non-hydrogen) atoms. The van der Waals surface area contributed by atoms with E-state index in [0.29, 0.717) is 17.0 Å². The third-order valence-corrected chi connectivity index (χ3v) is 7.14. The van der Waals surface area contributed by atoms with Gasteiger partial charge in [-0.05, 0) is 43.2 Å². The highest BCUT2D eigenvalue weighted by Crippen LogP contribution is 2.62. The van der Waals surface area contributed by atoms with Gasteiger partial charge in [-0.2, -0.15) is 10.2 Å². The third-order valence-electron chi connectivity index (χ3n) is 7.14. The van der Waals surface area contributed by atoms with Gasteiger partial charge in [0.15, 0.2) is 5.69 Å². The highest BCUT2D eigenvalue weighted by atomic mass is 16.2. The molecule has 2 aromatic carbocycles. The summed E-state index contributed by atoms with van der Waals surface area (Å²) in [4.78, 5) is 24.9. The van der Waals surface area contributed by atoms with Gasteiger partial charge in [-0.25, -0.2) is 5.10 Å². The van der Waals surface area contributed by atoms with E-state index in [2.05, 4.69) is 20.6 Å². The number of rotatable bonds is 3. The molecular formula is C24H23N5O2. The Labute approximate surface area is 178 Å². The van der Waals surface area contributed by atoms with Crippen LogP contribution in [0.3, 0.4) is 0 Å². The first-order valence-corrected chi connectivity index (χ1v) is 10.7. The van der Waals surface area contributed by atoms with Gasteiger partial charge < -0.3 is 5.32 Å². The van der Waals surface area contributed by atoms with Crippen molar-refractivity contribution in [3.05, 3.63) is 70.3 Å². The van der Waals surface area contributed by atoms with Crippen LogP contribution in [0, 0.1) is 5.41 Å². The lowest BCUT2D eigenvalue weighted by molar-refractivity contribution is -0.0196. The van der Waals surface area contributed by atoms with Crippen LogP contribution in [0.5, 0.6) is 0 Å². The molecule has 2 N–H and O–H groups in total. The summed E-state index contributed by atoms with van der Waals surface area (Å²) in [6, 6.07) is 15.7. The molecule has 156 valence electrons. The molecule has 2 aliphatic carbocycles. The minimum absolute atomic E-state index is 0.0965. The number of aromatic nitrogens is 4. The van der Waals surface area contributed by atoms with Crippen molar-refractivity contribution in [2.45, 2.75) is 37.6 Å². The number of aromatic amines is 1. The topological polar surface area (TPSA) is 92.7 Å². The Hall–Kier alpha value is -3.48. The van der Waals surface area contributed by atoms with Crippen LogP contribution in [0.2, 0.25) is 0 Å². The predicted octanol–water partition coefficient (Wildman–Crippen LogP) is 3.27. The van der Waals surface area contributed by atoms with E-state index < -0.39 is 0 Å². The standard InChI is InChI=1S/C24H23N5O2/c1-29-19-9-5-4-8-18(19)21(28-29)23(31)25-15-12-24(13-15)10-14(11-24)20-16-6-2-3-7-17(16)22(30)27-26-20/h2-9,14-15H,10-13H2,1H3,(H,25,31)(H,27,30)/t14-,15-,24?. The lowest BCUT2D eigenvalue weighted by atomic mass is 9.49. The van der Waals surface area contributed by atoms with Crippen LogP contribution < -0.4 is 10.9 Å². The smallest absolute Gasteiger partial charge is 0.272 e. The molecule has 1 spiro atoms. The number of H-pyrrole nitrogens is 1. The maximum Gasteiger partial charge on any atom is 0.272 e. The minimum Gasteiger partial charge on any atom is -0.348 e. The number of carbonyl (C=O) groups is 1. The van der Waals surface area contributed by atoms with Crippen molar-refractivity contribution in [2.75, 3.05) is 0 Å². The molecule has 2 fully saturated rings. The summed E-state index contributed by atoms with van der Waals surface area (Å²) in [6.07, 6.45) is 4.08. The van der Waals surface area contributed by atoms with Gasteiger partial charge in [-0.15, -0.1) is 0 Å². The lowest BCUT2D eigenvalue weighted by Gasteiger charge is -2.57. The second-order valence-corrected chi connectivity index (χ2v) is 9.16. The molecule has 2 aliphatic rings. The number of carbonyl (C=O) groups excluding carboxylic acids is 1. The zero-order valence-corrected chi connectivity index (χ0v) is 17.3. The number of hydrogen-bond donors (Lipinski definition) is 2. The molecule has 2 aromatic heterocycles. The molecule has 4 aromatic rings. The van der Waals surface area contributed by atoms with Gasteiger partial charge in [0.2, 0.25) is 0 Å². The van der Waals surface area contributed by atoms with Crippen molar-refractivity contribution in [1.82, 2.24) is 25.3 Å².